The SMILES string of the molecule is C=CC(=O)N1CCN(c2nc(O[C@H](C)CN3CCC(OCCOCCOCCOCCOc4cc(-c5scnc5C)ccc4CNC=O)CC3)nc3c2CCN(c2cc(O)cc4ccccc24)C3)CC1. The third-order valence-corrected chi connectivity index (χ3v) is 13.8. The zero-order valence-corrected chi connectivity index (χ0v) is 41.2. The number of likely N-dealkylation sites (tertiary alicyclic amines) is 1. The number of carbonyl (C=O) groups is 2. The molecule has 0 spiro atoms. The Labute approximate surface area is 414 Å². The number of phenolic OH excluding ortho intramolecular Hbond substituents is 1. The van der Waals surface area contributed by atoms with Crippen molar-refractivity contribution >= 4 is 45.9 Å². The summed E-state index contributed by atoms with van der Waals surface area (Å²) in [5.41, 5.74) is 7.71. The number of hydrogen-bond donors (Lipinski definition) is 2. The first-order chi connectivity index (χ1) is 34.3. The molecule has 8 rings (SSSR count). The van der Waals surface area contributed by atoms with Crippen LogP contribution in [0.15, 0.2) is 72.8 Å². The molecule has 18 heteroatoms. The number of piperazine rings is 1. The lowest BCUT2D eigenvalue weighted by Crippen LogP contribution is -2.49. The van der Waals surface area contributed by atoms with E-state index in [-0.39, 0.29) is 23.9 Å². The lowest BCUT2D eigenvalue weighted by Gasteiger charge is -2.38. The number of anilines is 2. The van der Waals surface area contributed by atoms with E-state index in [1.165, 1.54) is 6.08 Å². The van der Waals surface area contributed by atoms with E-state index in [1.54, 1.807) is 17.4 Å². The number of aromatic hydroxyl groups is 1. The Bertz CT molecular complexity index is 2510. The standard InChI is InChI=1S/C52H66N8O9S/c1-4-49(63)58-17-19-59(20-18-58)51-45-13-16-60(47-31-42(62)29-39-7-5-6-8-44(39)47)34-46(45)55-52(56-51)69-37(2)33-57-14-11-43(12-15-57)67-27-25-65-23-21-64-22-24-66-26-28-68-48-30-40(50-38(3)54-36-70-50)9-10-41(48)32-53-35-61/h4-10,29-31,35-37,43,62H,1,11-28,32-34H2,2-3H3,(H,53,61)/t37-/m1/s1. The zero-order chi connectivity index (χ0) is 48.7. The normalized spacial score (nSPS) is 16.0. The predicted octanol–water partition coefficient (Wildman–Crippen LogP) is 5.79. The van der Waals surface area contributed by atoms with Gasteiger partial charge in [-0.15, -0.1) is 11.3 Å². The molecule has 0 bridgehead atoms. The van der Waals surface area contributed by atoms with Crippen LogP contribution < -0.4 is 24.6 Å². The van der Waals surface area contributed by atoms with Gasteiger partial charge in [-0.05, 0) is 62.3 Å². The Morgan fingerprint density at radius 3 is 2.37 bits per heavy atom. The number of carbonyl (C=O) groups excluding carboxylic acids is 2. The minimum absolute atomic E-state index is 0.0549. The highest BCUT2D eigenvalue weighted by atomic mass is 32.1. The first kappa shape index (κ1) is 50.5. The summed E-state index contributed by atoms with van der Waals surface area (Å²) in [7, 11) is 0. The minimum Gasteiger partial charge on any atom is -0.508 e. The number of piperidine rings is 1. The maximum absolute atomic E-state index is 12.4. The Morgan fingerprint density at radius 2 is 1.64 bits per heavy atom. The molecule has 2 saturated heterocycles. The van der Waals surface area contributed by atoms with E-state index in [0.717, 1.165) is 101 Å². The number of thiazole rings is 1. The van der Waals surface area contributed by atoms with Crippen LogP contribution in [0.25, 0.3) is 21.2 Å². The summed E-state index contributed by atoms with van der Waals surface area (Å²) in [5.74, 6) is 1.76. The highest BCUT2D eigenvalue weighted by molar-refractivity contribution is 7.13. The van der Waals surface area contributed by atoms with Crippen molar-refractivity contribution < 1.29 is 43.1 Å². The molecule has 3 aromatic carbocycles. The van der Waals surface area contributed by atoms with E-state index in [4.69, 9.17) is 38.4 Å². The van der Waals surface area contributed by atoms with Gasteiger partial charge in [0.1, 0.15) is 30.0 Å². The van der Waals surface area contributed by atoms with Gasteiger partial charge >= 0.3 is 6.01 Å². The zero-order valence-electron chi connectivity index (χ0n) is 40.4. The monoisotopic (exact) mass is 978 g/mol. The second kappa shape index (κ2) is 25.3. The van der Waals surface area contributed by atoms with Crippen LogP contribution >= 0.6 is 11.3 Å². The fourth-order valence-electron chi connectivity index (χ4n) is 9.29. The quantitative estimate of drug-likeness (QED) is 0.0409. The van der Waals surface area contributed by atoms with Crippen LogP contribution in [0, 0.1) is 6.92 Å². The Kier molecular flexibility index (Phi) is 18.2. The number of aryl methyl sites for hydroxylation is 1. The van der Waals surface area contributed by atoms with Crippen molar-refractivity contribution in [2.45, 2.75) is 58.4 Å². The molecule has 0 aliphatic carbocycles. The third kappa shape index (κ3) is 13.5. The van der Waals surface area contributed by atoms with Crippen molar-refractivity contribution in [3.63, 3.8) is 0 Å². The molecule has 0 radical (unpaired) electrons. The maximum atomic E-state index is 12.4. The lowest BCUT2D eigenvalue weighted by molar-refractivity contribution is -0.126. The molecule has 0 saturated carbocycles. The van der Waals surface area contributed by atoms with E-state index in [0.29, 0.717) is 110 Å². The number of benzene rings is 3. The summed E-state index contributed by atoms with van der Waals surface area (Å²) >= 11 is 1.58. The fourth-order valence-corrected chi connectivity index (χ4v) is 10.1. The highest BCUT2D eigenvalue weighted by Gasteiger charge is 2.30. The Hall–Kier alpha value is -5.89. The third-order valence-electron chi connectivity index (χ3n) is 12.9. The van der Waals surface area contributed by atoms with E-state index < -0.39 is 0 Å². The second-order valence-corrected chi connectivity index (χ2v) is 18.6. The number of nitrogens with zero attached hydrogens (tertiary/aromatic N) is 7. The van der Waals surface area contributed by atoms with Crippen LogP contribution in [0.3, 0.4) is 0 Å². The summed E-state index contributed by atoms with van der Waals surface area (Å²) in [6, 6.07) is 18.1. The average molecular weight is 979 g/mol. The molecular formula is C52H66N8O9S. The molecule has 5 aromatic rings. The van der Waals surface area contributed by atoms with Crippen molar-refractivity contribution in [2.75, 3.05) is 115 Å². The number of ether oxygens (including phenoxy) is 6. The Balaban J connectivity index is 0.722. The van der Waals surface area contributed by atoms with Crippen molar-refractivity contribution in [2.24, 2.45) is 0 Å². The van der Waals surface area contributed by atoms with Crippen molar-refractivity contribution in [3.8, 4) is 28.0 Å². The second-order valence-electron chi connectivity index (χ2n) is 17.7. The van der Waals surface area contributed by atoms with E-state index in [9.17, 15) is 14.7 Å². The van der Waals surface area contributed by atoms with Crippen LogP contribution in [0.1, 0.15) is 42.3 Å². The summed E-state index contributed by atoms with van der Waals surface area (Å²) in [6.45, 7) is 18.1. The molecule has 2 aromatic heterocycles. The molecule has 70 heavy (non-hydrogen) atoms. The van der Waals surface area contributed by atoms with Crippen molar-refractivity contribution in [1.82, 2.24) is 30.1 Å². The largest absolute Gasteiger partial charge is 0.508 e. The molecular weight excluding hydrogens is 913 g/mol. The van der Waals surface area contributed by atoms with Gasteiger partial charge in [0.15, 0.2) is 0 Å². The number of hydrogen-bond acceptors (Lipinski definition) is 16. The minimum atomic E-state index is -0.156. The van der Waals surface area contributed by atoms with Gasteiger partial charge in [0, 0.05) is 87.2 Å². The topological polar surface area (TPSA) is 173 Å². The summed E-state index contributed by atoms with van der Waals surface area (Å²) < 4.78 is 35.9. The van der Waals surface area contributed by atoms with Crippen molar-refractivity contribution in [1.29, 1.82) is 0 Å². The number of rotatable bonds is 25. The molecule has 1 atom stereocenters. The number of nitrogens with one attached hydrogen (secondary N) is 1. The van der Waals surface area contributed by atoms with E-state index >= 15 is 0 Å². The molecule has 5 heterocycles. The van der Waals surface area contributed by atoms with Gasteiger partial charge < -0.3 is 53.5 Å². The summed E-state index contributed by atoms with van der Waals surface area (Å²) in [4.78, 5) is 47.6. The molecule has 2 amide bonds. The first-order valence-electron chi connectivity index (χ1n) is 24.4. The van der Waals surface area contributed by atoms with Crippen LogP contribution in [-0.2, 0) is 48.0 Å². The molecule has 3 aliphatic heterocycles. The molecule has 2 fully saturated rings. The van der Waals surface area contributed by atoms with Gasteiger partial charge in [0.25, 0.3) is 0 Å². The van der Waals surface area contributed by atoms with Crippen LogP contribution in [0.5, 0.6) is 17.5 Å². The Morgan fingerprint density at radius 1 is 0.900 bits per heavy atom. The average Bonchev–Trinajstić information content (AvgIpc) is 3.82. The van der Waals surface area contributed by atoms with E-state index in [1.807, 2.05) is 59.8 Å². The first-order valence-corrected chi connectivity index (χ1v) is 25.2. The number of fused-ring (bicyclic) bond motifs is 2. The molecule has 374 valence electrons. The van der Waals surface area contributed by atoms with Crippen LogP contribution in [-0.4, -0.2) is 160 Å². The smallest absolute Gasteiger partial charge is 0.318 e. The molecule has 3 aliphatic rings. The van der Waals surface area contributed by atoms with Crippen LogP contribution in [0.4, 0.5) is 11.5 Å². The van der Waals surface area contributed by atoms with Gasteiger partial charge in [0.05, 0.1) is 80.7 Å². The van der Waals surface area contributed by atoms with E-state index in [2.05, 4.69) is 44.6 Å². The summed E-state index contributed by atoms with van der Waals surface area (Å²) in [6.07, 6.45) is 4.67. The predicted molar refractivity (Wildman–Crippen MR) is 270 cm³/mol. The summed E-state index contributed by atoms with van der Waals surface area (Å²) in [5, 5.41) is 15.4. The van der Waals surface area contributed by atoms with Crippen LogP contribution in [0.2, 0.25) is 0 Å². The van der Waals surface area contributed by atoms with Crippen molar-refractivity contribution in [3.05, 3.63) is 95.3 Å². The maximum Gasteiger partial charge on any atom is 0.318 e. The van der Waals surface area contributed by atoms with Gasteiger partial charge in [-0.3, -0.25) is 14.5 Å². The highest BCUT2D eigenvalue weighted by Crippen LogP contribution is 2.37. The van der Waals surface area contributed by atoms with Gasteiger partial charge in [-0.25, -0.2) is 4.98 Å². The number of phenols is 1. The number of amides is 2. The fraction of sp³-hybridized carbons (Fsp3) is 0.481. The molecule has 2 N–H and O–H groups in total. The molecule has 17 nitrogen and oxygen atoms in total. The van der Waals surface area contributed by atoms with Gasteiger partial charge in [-0.2, -0.15) is 9.97 Å². The van der Waals surface area contributed by atoms with Gasteiger partial charge in [0.2, 0.25) is 12.3 Å². The van der Waals surface area contributed by atoms with Gasteiger partial charge in [-0.1, -0.05) is 43.0 Å². The number of aromatic nitrogens is 3. The molecule has 0 unspecified atom stereocenters. The lowest BCUT2D eigenvalue weighted by atomic mass is 10.0.